The SMILES string of the molecule is O=C(c1cc(Cl)ccc1NS(=O)(=O)c1ccc(Br)cc1)N1CCCC1. The second-order valence-electron chi connectivity index (χ2n) is 5.75. The van der Waals surface area contributed by atoms with Crippen molar-refractivity contribution in [3.05, 3.63) is 57.5 Å². The van der Waals surface area contributed by atoms with E-state index in [1.165, 1.54) is 24.3 Å². The number of rotatable bonds is 4. The first-order chi connectivity index (χ1) is 11.9. The molecular weight excluding hydrogens is 428 g/mol. The van der Waals surface area contributed by atoms with Gasteiger partial charge in [0, 0.05) is 22.6 Å². The predicted molar refractivity (Wildman–Crippen MR) is 102 cm³/mol. The third-order valence-electron chi connectivity index (χ3n) is 3.97. The van der Waals surface area contributed by atoms with Crippen LogP contribution in [0.4, 0.5) is 5.69 Å². The van der Waals surface area contributed by atoms with Gasteiger partial charge in [-0.3, -0.25) is 9.52 Å². The summed E-state index contributed by atoms with van der Waals surface area (Å²) in [5.74, 6) is -0.214. The van der Waals surface area contributed by atoms with E-state index in [-0.39, 0.29) is 22.1 Å². The van der Waals surface area contributed by atoms with Gasteiger partial charge in [-0.15, -0.1) is 0 Å². The number of hydrogen-bond donors (Lipinski definition) is 1. The highest BCUT2D eigenvalue weighted by molar-refractivity contribution is 9.10. The zero-order valence-corrected chi connectivity index (χ0v) is 16.4. The maximum Gasteiger partial charge on any atom is 0.261 e. The van der Waals surface area contributed by atoms with Gasteiger partial charge in [0.15, 0.2) is 0 Å². The van der Waals surface area contributed by atoms with Crippen molar-refractivity contribution < 1.29 is 13.2 Å². The van der Waals surface area contributed by atoms with E-state index in [9.17, 15) is 13.2 Å². The molecule has 1 fully saturated rings. The smallest absolute Gasteiger partial charge is 0.261 e. The van der Waals surface area contributed by atoms with E-state index in [0.717, 1.165) is 17.3 Å². The highest BCUT2D eigenvalue weighted by atomic mass is 79.9. The second kappa shape index (κ2) is 7.35. The summed E-state index contributed by atoms with van der Waals surface area (Å²) in [5.41, 5.74) is 0.485. The summed E-state index contributed by atoms with van der Waals surface area (Å²) in [7, 11) is -3.81. The van der Waals surface area contributed by atoms with Crippen LogP contribution in [0.1, 0.15) is 23.2 Å². The van der Waals surface area contributed by atoms with Gasteiger partial charge in [-0.2, -0.15) is 0 Å². The largest absolute Gasteiger partial charge is 0.339 e. The Hall–Kier alpha value is -1.57. The number of nitrogens with zero attached hydrogens (tertiary/aromatic N) is 1. The van der Waals surface area contributed by atoms with Crippen LogP contribution in [0, 0.1) is 0 Å². The summed E-state index contributed by atoms with van der Waals surface area (Å²) in [6.07, 6.45) is 1.90. The van der Waals surface area contributed by atoms with Gasteiger partial charge in [0.1, 0.15) is 0 Å². The lowest BCUT2D eigenvalue weighted by Gasteiger charge is -2.18. The van der Waals surface area contributed by atoms with E-state index in [2.05, 4.69) is 20.7 Å². The summed E-state index contributed by atoms with van der Waals surface area (Å²) < 4.78 is 28.5. The van der Waals surface area contributed by atoms with Crippen LogP contribution in [0.5, 0.6) is 0 Å². The Labute approximate surface area is 160 Å². The third-order valence-corrected chi connectivity index (χ3v) is 6.12. The molecule has 5 nitrogen and oxygen atoms in total. The molecule has 1 heterocycles. The van der Waals surface area contributed by atoms with Crippen molar-refractivity contribution >= 4 is 49.1 Å². The number of halogens is 2. The molecule has 0 spiro atoms. The van der Waals surface area contributed by atoms with E-state index < -0.39 is 10.0 Å². The second-order valence-corrected chi connectivity index (χ2v) is 8.78. The molecule has 8 heteroatoms. The van der Waals surface area contributed by atoms with Gasteiger partial charge in [-0.1, -0.05) is 27.5 Å². The number of benzene rings is 2. The van der Waals surface area contributed by atoms with Crippen molar-refractivity contribution in [2.75, 3.05) is 17.8 Å². The van der Waals surface area contributed by atoms with Crippen molar-refractivity contribution in [2.24, 2.45) is 0 Å². The van der Waals surface area contributed by atoms with E-state index in [4.69, 9.17) is 11.6 Å². The van der Waals surface area contributed by atoms with Crippen molar-refractivity contribution in [1.29, 1.82) is 0 Å². The number of carbonyl (C=O) groups excluding carboxylic acids is 1. The van der Waals surface area contributed by atoms with Gasteiger partial charge in [-0.05, 0) is 55.3 Å². The van der Waals surface area contributed by atoms with Crippen LogP contribution in [-0.2, 0) is 10.0 Å². The summed E-state index contributed by atoms with van der Waals surface area (Å²) in [5, 5.41) is 0.383. The number of hydrogen-bond acceptors (Lipinski definition) is 3. The quantitative estimate of drug-likeness (QED) is 0.772. The maximum absolute atomic E-state index is 12.7. The highest BCUT2D eigenvalue weighted by Crippen LogP contribution is 2.26. The summed E-state index contributed by atoms with van der Waals surface area (Å²) in [6.45, 7) is 1.34. The molecule has 0 atom stereocenters. The van der Waals surface area contributed by atoms with Crippen molar-refractivity contribution in [3.63, 3.8) is 0 Å². The fourth-order valence-electron chi connectivity index (χ4n) is 2.69. The van der Waals surface area contributed by atoms with Crippen LogP contribution in [0.15, 0.2) is 51.8 Å². The number of nitrogens with one attached hydrogen (secondary N) is 1. The monoisotopic (exact) mass is 442 g/mol. The van der Waals surface area contributed by atoms with E-state index in [0.29, 0.717) is 18.1 Å². The minimum Gasteiger partial charge on any atom is -0.339 e. The fourth-order valence-corrected chi connectivity index (χ4v) is 4.21. The lowest BCUT2D eigenvalue weighted by molar-refractivity contribution is 0.0794. The Balaban J connectivity index is 1.94. The molecule has 3 rings (SSSR count). The number of likely N-dealkylation sites (tertiary alicyclic amines) is 1. The molecule has 1 saturated heterocycles. The first kappa shape index (κ1) is 18.2. The standard InChI is InChI=1S/C17H16BrClN2O3S/c18-12-3-6-14(7-4-12)25(23,24)20-16-8-5-13(19)11-15(16)17(22)21-9-1-2-10-21/h3-8,11,20H,1-2,9-10H2. The Kier molecular flexibility index (Phi) is 5.36. The van der Waals surface area contributed by atoms with Crippen LogP contribution in [-0.4, -0.2) is 32.3 Å². The minimum atomic E-state index is -3.81. The average Bonchev–Trinajstić information content (AvgIpc) is 3.10. The molecule has 2 aromatic carbocycles. The van der Waals surface area contributed by atoms with Crippen molar-refractivity contribution in [2.45, 2.75) is 17.7 Å². The Morgan fingerprint density at radius 1 is 1.08 bits per heavy atom. The van der Waals surface area contributed by atoms with Crippen molar-refractivity contribution in [1.82, 2.24) is 4.90 Å². The fraction of sp³-hybridized carbons (Fsp3) is 0.235. The van der Waals surface area contributed by atoms with Gasteiger partial charge in [-0.25, -0.2) is 8.42 Å². The zero-order chi connectivity index (χ0) is 18.0. The summed E-state index contributed by atoms with van der Waals surface area (Å²) in [4.78, 5) is 14.5. The molecule has 132 valence electrons. The lowest BCUT2D eigenvalue weighted by atomic mass is 10.1. The molecule has 25 heavy (non-hydrogen) atoms. The van der Waals surface area contributed by atoms with E-state index in [1.54, 1.807) is 23.1 Å². The number of amides is 1. The number of carbonyl (C=O) groups is 1. The first-order valence-electron chi connectivity index (χ1n) is 7.74. The molecule has 0 saturated carbocycles. The average molecular weight is 444 g/mol. The van der Waals surface area contributed by atoms with Gasteiger partial charge in [0.2, 0.25) is 0 Å². The van der Waals surface area contributed by atoms with Crippen LogP contribution in [0.2, 0.25) is 5.02 Å². The lowest BCUT2D eigenvalue weighted by Crippen LogP contribution is -2.29. The molecule has 0 unspecified atom stereocenters. The van der Waals surface area contributed by atoms with Gasteiger partial charge >= 0.3 is 0 Å². The number of anilines is 1. The highest BCUT2D eigenvalue weighted by Gasteiger charge is 2.24. The molecule has 0 radical (unpaired) electrons. The molecule has 1 aliphatic heterocycles. The van der Waals surface area contributed by atoms with Crippen molar-refractivity contribution in [3.8, 4) is 0 Å². The van der Waals surface area contributed by atoms with Crippen LogP contribution in [0.25, 0.3) is 0 Å². The molecule has 1 N–H and O–H groups in total. The number of sulfonamides is 1. The minimum absolute atomic E-state index is 0.116. The zero-order valence-electron chi connectivity index (χ0n) is 13.2. The molecule has 1 aliphatic rings. The third kappa shape index (κ3) is 4.16. The van der Waals surface area contributed by atoms with E-state index in [1.807, 2.05) is 0 Å². The summed E-state index contributed by atoms with van der Waals surface area (Å²) in [6, 6.07) is 10.8. The maximum atomic E-state index is 12.7. The Morgan fingerprint density at radius 3 is 2.36 bits per heavy atom. The van der Waals surface area contributed by atoms with Gasteiger partial charge in [0.25, 0.3) is 15.9 Å². The van der Waals surface area contributed by atoms with E-state index >= 15 is 0 Å². The Morgan fingerprint density at radius 2 is 1.72 bits per heavy atom. The van der Waals surface area contributed by atoms with Crippen LogP contribution < -0.4 is 4.72 Å². The molecular formula is C17H16BrClN2O3S. The Bertz CT molecular complexity index is 895. The van der Waals surface area contributed by atoms with Gasteiger partial charge < -0.3 is 4.90 Å². The van der Waals surface area contributed by atoms with Crippen LogP contribution in [0.3, 0.4) is 0 Å². The van der Waals surface area contributed by atoms with Crippen LogP contribution >= 0.6 is 27.5 Å². The molecule has 1 amide bonds. The molecule has 0 aromatic heterocycles. The molecule has 2 aromatic rings. The predicted octanol–water partition coefficient (Wildman–Crippen LogP) is 4.14. The molecule has 0 aliphatic carbocycles. The normalized spacial score (nSPS) is 14.6. The molecule has 0 bridgehead atoms. The topological polar surface area (TPSA) is 66.5 Å². The summed E-state index contributed by atoms with van der Waals surface area (Å²) >= 11 is 9.30. The first-order valence-corrected chi connectivity index (χ1v) is 10.4. The van der Waals surface area contributed by atoms with Gasteiger partial charge in [0.05, 0.1) is 16.1 Å².